The van der Waals surface area contributed by atoms with Gasteiger partial charge >= 0.3 is 0 Å². The molecule has 3 heterocycles. The van der Waals surface area contributed by atoms with E-state index < -0.39 is 5.60 Å². The van der Waals surface area contributed by atoms with Gasteiger partial charge in [-0.2, -0.15) is 0 Å². The first-order valence-corrected chi connectivity index (χ1v) is 10.5. The van der Waals surface area contributed by atoms with Gasteiger partial charge in [0.15, 0.2) is 5.13 Å². The molecule has 1 aliphatic rings. The maximum Gasteiger partial charge on any atom is 0.257 e. The standard InChI is InChI=1S/C21H23N5O3S/c1-21(2,29)13-7-5-12(6-8-13)18(28)25-20-23-14-9-10-16(24-19(14)30-20)26-11-3-4-15(26)17(22)27/h5-10,15,29H,3-4,11H2,1-2H3,(H2,22,27)(H,23,25,28)/t15-/m1/s1. The summed E-state index contributed by atoms with van der Waals surface area (Å²) in [7, 11) is 0. The number of aromatic nitrogens is 2. The molecule has 1 atom stereocenters. The van der Waals surface area contributed by atoms with Crippen molar-refractivity contribution in [3.63, 3.8) is 0 Å². The van der Waals surface area contributed by atoms with E-state index >= 15 is 0 Å². The number of hydrogen-bond acceptors (Lipinski definition) is 7. The molecule has 9 heteroatoms. The monoisotopic (exact) mass is 425 g/mol. The van der Waals surface area contributed by atoms with Gasteiger partial charge in [-0.15, -0.1) is 0 Å². The number of thiazole rings is 1. The van der Waals surface area contributed by atoms with E-state index in [1.807, 2.05) is 17.0 Å². The number of pyridine rings is 1. The number of primary amides is 1. The molecular weight excluding hydrogens is 402 g/mol. The lowest BCUT2D eigenvalue weighted by molar-refractivity contribution is -0.119. The lowest BCUT2D eigenvalue weighted by Crippen LogP contribution is -2.40. The summed E-state index contributed by atoms with van der Waals surface area (Å²) in [6.45, 7) is 4.12. The van der Waals surface area contributed by atoms with Gasteiger partial charge in [-0.25, -0.2) is 9.97 Å². The van der Waals surface area contributed by atoms with E-state index in [0.717, 1.165) is 24.9 Å². The number of nitrogens with one attached hydrogen (secondary N) is 1. The number of benzene rings is 1. The average Bonchev–Trinajstić information content (AvgIpc) is 3.33. The van der Waals surface area contributed by atoms with Crippen molar-refractivity contribution >= 4 is 44.4 Å². The van der Waals surface area contributed by atoms with Gasteiger partial charge in [0.05, 0.1) is 5.60 Å². The Morgan fingerprint density at radius 3 is 2.60 bits per heavy atom. The fourth-order valence-electron chi connectivity index (χ4n) is 3.56. The second kappa shape index (κ2) is 7.66. The van der Waals surface area contributed by atoms with E-state index in [-0.39, 0.29) is 17.9 Å². The van der Waals surface area contributed by atoms with Crippen molar-refractivity contribution in [2.24, 2.45) is 5.73 Å². The van der Waals surface area contributed by atoms with Gasteiger partial charge in [0.2, 0.25) is 5.91 Å². The second-order valence-corrected chi connectivity index (χ2v) is 8.83. The Labute approximate surface area is 177 Å². The maximum absolute atomic E-state index is 12.6. The van der Waals surface area contributed by atoms with Gasteiger partial charge in [-0.3, -0.25) is 14.9 Å². The fraction of sp³-hybridized carbons (Fsp3) is 0.333. The molecule has 1 saturated heterocycles. The molecule has 4 N–H and O–H groups in total. The number of aliphatic hydroxyl groups is 1. The third-order valence-corrected chi connectivity index (χ3v) is 6.07. The summed E-state index contributed by atoms with van der Waals surface area (Å²) in [6.07, 6.45) is 1.62. The number of anilines is 2. The van der Waals surface area contributed by atoms with E-state index in [4.69, 9.17) is 5.73 Å². The zero-order valence-electron chi connectivity index (χ0n) is 16.8. The first-order valence-electron chi connectivity index (χ1n) is 9.70. The SMILES string of the molecule is CC(C)(O)c1ccc(C(=O)Nc2nc3ccc(N4CCC[C@@H]4C(N)=O)nc3s2)cc1. The molecule has 1 fully saturated rings. The van der Waals surface area contributed by atoms with Crippen LogP contribution in [0.25, 0.3) is 10.3 Å². The van der Waals surface area contributed by atoms with Gasteiger partial charge in [-0.05, 0) is 56.5 Å². The van der Waals surface area contributed by atoms with Crippen molar-refractivity contribution in [1.82, 2.24) is 9.97 Å². The second-order valence-electron chi connectivity index (χ2n) is 7.86. The lowest BCUT2D eigenvalue weighted by atomic mass is 9.97. The minimum absolute atomic E-state index is 0.287. The summed E-state index contributed by atoms with van der Waals surface area (Å²) in [5.74, 6) is 0.0553. The summed E-state index contributed by atoms with van der Waals surface area (Å²) in [6, 6.07) is 10.1. The Kier molecular flexibility index (Phi) is 5.17. The van der Waals surface area contributed by atoms with Crippen molar-refractivity contribution in [3.8, 4) is 0 Å². The molecule has 2 aromatic heterocycles. The van der Waals surface area contributed by atoms with Crippen LogP contribution in [0.15, 0.2) is 36.4 Å². The number of amides is 2. The zero-order valence-corrected chi connectivity index (χ0v) is 17.6. The quantitative estimate of drug-likeness (QED) is 0.578. The van der Waals surface area contributed by atoms with Crippen molar-refractivity contribution in [1.29, 1.82) is 0 Å². The van der Waals surface area contributed by atoms with Crippen LogP contribution in [0.2, 0.25) is 0 Å². The smallest absolute Gasteiger partial charge is 0.257 e. The van der Waals surface area contributed by atoms with Gasteiger partial charge in [0.1, 0.15) is 22.2 Å². The van der Waals surface area contributed by atoms with Crippen molar-refractivity contribution in [2.75, 3.05) is 16.8 Å². The summed E-state index contributed by atoms with van der Waals surface area (Å²) in [5, 5.41) is 13.3. The molecule has 1 aliphatic heterocycles. The van der Waals surface area contributed by atoms with E-state index in [2.05, 4.69) is 15.3 Å². The van der Waals surface area contributed by atoms with Gasteiger partial charge in [-0.1, -0.05) is 23.5 Å². The van der Waals surface area contributed by atoms with E-state index in [0.29, 0.717) is 26.9 Å². The molecule has 0 spiro atoms. The Hall–Kier alpha value is -3.04. The fourth-order valence-corrected chi connectivity index (χ4v) is 4.38. The largest absolute Gasteiger partial charge is 0.386 e. The summed E-state index contributed by atoms with van der Waals surface area (Å²) in [4.78, 5) is 35.9. The van der Waals surface area contributed by atoms with Crippen molar-refractivity contribution < 1.29 is 14.7 Å². The number of nitrogens with zero attached hydrogens (tertiary/aromatic N) is 3. The van der Waals surface area contributed by atoms with Crippen LogP contribution < -0.4 is 16.0 Å². The topological polar surface area (TPSA) is 121 Å². The first kappa shape index (κ1) is 20.2. The van der Waals surface area contributed by atoms with Crippen molar-refractivity contribution in [3.05, 3.63) is 47.5 Å². The number of carbonyl (C=O) groups is 2. The number of rotatable bonds is 5. The Morgan fingerprint density at radius 1 is 1.20 bits per heavy atom. The minimum Gasteiger partial charge on any atom is -0.386 e. The molecule has 1 aromatic carbocycles. The van der Waals surface area contributed by atoms with Gasteiger partial charge in [0.25, 0.3) is 5.91 Å². The highest BCUT2D eigenvalue weighted by atomic mass is 32.1. The molecule has 0 radical (unpaired) electrons. The molecule has 8 nitrogen and oxygen atoms in total. The highest BCUT2D eigenvalue weighted by Gasteiger charge is 2.30. The molecular formula is C21H23N5O3S. The predicted molar refractivity (Wildman–Crippen MR) is 117 cm³/mol. The van der Waals surface area contributed by atoms with Crippen LogP contribution in [-0.4, -0.2) is 39.5 Å². The molecule has 0 bridgehead atoms. The number of fused-ring (bicyclic) bond motifs is 1. The predicted octanol–water partition coefficient (Wildman–Crippen LogP) is 2.63. The van der Waals surface area contributed by atoms with Crippen LogP contribution in [0.3, 0.4) is 0 Å². The summed E-state index contributed by atoms with van der Waals surface area (Å²) in [5.41, 5.74) is 6.41. The molecule has 0 unspecified atom stereocenters. The summed E-state index contributed by atoms with van der Waals surface area (Å²) < 4.78 is 0. The number of hydrogen-bond donors (Lipinski definition) is 3. The van der Waals surface area contributed by atoms with Crippen LogP contribution in [0.1, 0.15) is 42.6 Å². The van der Waals surface area contributed by atoms with Crippen LogP contribution in [-0.2, 0) is 10.4 Å². The van der Waals surface area contributed by atoms with Crippen LogP contribution in [0, 0.1) is 0 Å². The van der Waals surface area contributed by atoms with Gasteiger partial charge < -0.3 is 15.7 Å². The molecule has 156 valence electrons. The summed E-state index contributed by atoms with van der Waals surface area (Å²) >= 11 is 1.27. The normalized spacial score (nSPS) is 16.8. The Balaban J connectivity index is 1.52. The van der Waals surface area contributed by atoms with Crippen LogP contribution >= 0.6 is 11.3 Å². The van der Waals surface area contributed by atoms with E-state index in [1.54, 1.807) is 38.1 Å². The highest BCUT2D eigenvalue weighted by Crippen LogP contribution is 2.30. The molecule has 0 saturated carbocycles. The average molecular weight is 426 g/mol. The maximum atomic E-state index is 12.6. The zero-order chi connectivity index (χ0) is 21.5. The number of carbonyl (C=O) groups excluding carboxylic acids is 2. The van der Waals surface area contributed by atoms with E-state index in [9.17, 15) is 14.7 Å². The highest BCUT2D eigenvalue weighted by molar-refractivity contribution is 7.22. The van der Waals surface area contributed by atoms with E-state index in [1.165, 1.54) is 11.3 Å². The van der Waals surface area contributed by atoms with Crippen LogP contribution in [0.5, 0.6) is 0 Å². The van der Waals surface area contributed by atoms with Crippen LogP contribution in [0.4, 0.5) is 10.9 Å². The third-order valence-electron chi connectivity index (χ3n) is 5.19. The molecule has 30 heavy (non-hydrogen) atoms. The number of nitrogens with two attached hydrogens (primary N) is 1. The molecule has 0 aliphatic carbocycles. The first-order chi connectivity index (χ1) is 14.2. The lowest BCUT2D eigenvalue weighted by Gasteiger charge is -2.22. The molecule has 4 rings (SSSR count). The Bertz CT molecular complexity index is 1100. The minimum atomic E-state index is -0.964. The molecule has 3 aromatic rings. The van der Waals surface area contributed by atoms with Crippen molar-refractivity contribution in [2.45, 2.75) is 38.3 Å². The third kappa shape index (κ3) is 3.99. The Morgan fingerprint density at radius 2 is 1.93 bits per heavy atom. The van der Waals surface area contributed by atoms with Gasteiger partial charge in [0, 0.05) is 12.1 Å². The molecule has 2 amide bonds.